The summed E-state index contributed by atoms with van der Waals surface area (Å²) in [6, 6.07) is 6.14. The number of anilines is 4. The van der Waals surface area contributed by atoms with E-state index in [1.807, 2.05) is 26.2 Å². The summed E-state index contributed by atoms with van der Waals surface area (Å²) in [6.07, 6.45) is 5.71. The highest BCUT2D eigenvalue weighted by Crippen LogP contribution is 2.27. The second kappa shape index (κ2) is 8.15. The van der Waals surface area contributed by atoms with Gasteiger partial charge in [-0.2, -0.15) is 4.98 Å². The van der Waals surface area contributed by atoms with E-state index in [1.54, 1.807) is 11.0 Å². The number of carbonyl (C=O) groups excluding carboxylic acids is 1. The molecule has 1 aliphatic rings. The Labute approximate surface area is 174 Å². The number of hydrogen-bond donors (Lipinski definition) is 4. The van der Waals surface area contributed by atoms with E-state index < -0.39 is 5.91 Å². The lowest BCUT2D eigenvalue weighted by molar-refractivity contribution is 0.0996. The van der Waals surface area contributed by atoms with Gasteiger partial charge in [0.2, 0.25) is 0 Å². The Bertz CT molecular complexity index is 1060. The van der Waals surface area contributed by atoms with Crippen molar-refractivity contribution in [3.63, 3.8) is 0 Å². The standard InChI is InChI=1S/C20H26N8O2/c1-28(2)20-26-14-8-7-11(9-15(14)30-20)24-19-17(18(22)29)23-10-16(27-19)25-13-6-4-3-5-12(13)21/h7-10,12-13H,3-6,21H2,1-2H3,(H2,22,29)(H2,24,25,27)/t12-,13+/m0/s1. The molecule has 10 nitrogen and oxygen atoms in total. The predicted octanol–water partition coefficient (Wildman–Crippen LogP) is 2.21. The molecule has 0 spiro atoms. The van der Waals surface area contributed by atoms with E-state index >= 15 is 0 Å². The third-order valence-electron chi connectivity index (χ3n) is 5.18. The van der Waals surface area contributed by atoms with Gasteiger partial charge in [-0.15, -0.1) is 0 Å². The van der Waals surface area contributed by atoms with Crippen LogP contribution in [0.15, 0.2) is 28.8 Å². The molecule has 0 radical (unpaired) electrons. The van der Waals surface area contributed by atoms with Crippen LogP contribution in [-0.4, -0.2) is 47.0 Å². The lowest BCUT2D eigenvalue weighted by Gasteiger charge is -2.29. The summed E-state index contributed by atoms with van der Waals surface area (Å²) in [4.78, 5) is 26.8. The molecule has 158 valence electrons. The molecule has 2 aromatic heterocycles. The van der Waals surface area contributed by atoms with Crippen molar-refractivity contribution in [3.05, 3.63) is 30.1 Å². The Balaban J connectivity index is 1.61. The molecule has 0 saturated heterocycles. The maximum atomic E-state index is 11.9. The smallest absolute Gasteiger partial charge is 0.297 e. The first kappa shape index (κ1) is 19.9. The second-order valence-electron chi connectivity index (χ2n) is 7.71. The highest BCUT2D eigenvalue weighted by Gasteiger charge is 2.23. The molecule has 4 rings (SSSR count). The van der Waals surface area contributed by atoms with Gasteiger partial charge in [0.1, 0.15) is 11.3 Å². The first-order chi connectivity index (χ1) is 14.4. The van der Waals surface area contributed by atoms with Gasteiger partial charge in [-0.1, -0.05) is 12.8 Å². The van der Waals surface area contributed by atoms with E-state index in [9.17, 15) is 4.79 Å². The average molecular weight is 410 g/mol. The zero-order valence-electron chi connectivity index (χ0n) is 17.1. The summed E-state index contributed by atoms with van der Waals surface area (Å²) >= 11 is 0. The van der Waals surface area contributed by atoms with Crippen LogP contribution in [0.25, 0.3) is 11.1 Å². The van der Waals surface area contributed by atoms with Gasteiger partial charge in [0.05, 0.1) is 6.20 Å². The van der Waals surface area contributed by atoms with E-state index in [4.69, 9.17) is 15.9 Å². The van der Waals surface area contributed by atoms with Crippen LogP contribution in [0.2, 0.25) is 0 Å². The summed E-state index contributed by atoms with van der Waals surface area (Å²) in [7, 11) is 3.71. The van der Waals surface area contributed by atoms with Crippen LogP contribution >= 0.6 is 0 Å². The maximum Gasteiger partial charge on any atom is 0.297 e. The summed E-state index contributed by atoms with van der Waals surface area (Å²) in [6.45, 7) is 0. The minimum atomic E-state index is -0.665. The predicted molar refractivity (Wildman–Crippen MR) is 116 cm³/mol. The molecule has 10 heteroatoms. The fourth-order valence-electron chi connectivity index (χ4n) is 3.57. The van der Waals surface area contributed by atoms with Gasteiger partial charge in [0.25, 0.3) is 11.9 Å². The SMILES string of the molecule is CN(C)c1nc2ccc(Nc3nc(N[C@@H]4CCCC[C@@H]4N)cnc3C(N)=O)cc2o1. The fraction of sp³-hybridized carbons (Fsp3) is 0.400. The summed E-state index contributed by atoms with van der Waals surface area (Å²) < 4.78 is 5.74. The molecule has 1 aromatic carbocycles. The first-order valence-corrected chi connectivity index (χ1v) is 9.94. The van der Waals surface area contributed by atoms with E-state index in [1.165, 1.54) is 6.20 Å². The number of fused-ring (bicyclic) bond motifs is 1. The van der Waals surface area contributed by atoms with Crippen molar-refractivity contribution in [3.8, 4) is 0 Å². The minimum absolute atomic E-state index is 0.0557. The van der Waals surface area contributed by atoms with Crippen LogP contribution in [0, 0.1) is 0 Å². The number of nitrogens with zero attached hydrogens (tertiary/aromatic N) is 4. The summed E-state index contributed by atoms with van der Waals surface area (Å²) in [5, 5.41) is 6.47. The number of amides is 1. The van der Waals surface area contributed by atoms with Crippen LogP contribution < -0.4 is 27.0 Å². The molecular formula is C20H26N8O2. The Morgan fingerprint density at radius 1 is 1.23 bits per heavy atom. The monoisotopic (exact) mass is 410 g/mol. The molecule has 0 aliphatic heterocycles. The van der Waals surface area contributed by atoms with Crippen molar-refractivity contribution in [1.82, 2.24) is 15.0 Å². The highest BCUT2D eigenvalue weighted by atomic mass is 16.4. The normalized spacial score (nSPS) is 18.9. The van der Waals surface area contributed by atoms with Crippen LogP contribution in [0.5, 0.6) is 0 Å². The fourth-order valence-corrected chi connectivity index (χ4v) is 3.57. The third-order valence-corrected chi connectivity index (χ3v) is 5.18. The molecule has 1 saturated carbocycles. The van der Waals surface area contributed by atoms with Crippen molar-refractivity contribution < 1.29 is 9.21 Å². The lowest BCUT2D eigenvalue weighted by Crippen LogP contribution is -2.42. The maximum absolute atomic E-state index is 11.9. The Morgan fingerprint density at radius 3 is 2.77 bits per heavy atom. The number of nitrogens with two attached hydrogens (primary N) is 2. The molecule has 2 heterocycles. The van der Waals surface area contributed by atoms with Crippen molar-refractivity contribution in [2.24, 2.45) is 11.5 Å². The molecular weight excluding hydrogens is 384 g/mol. The average Bonchev–Trinajstić information content (AvgIpc) is 3.13. The highest BCUT2D eigenvalue weighted by molar-refractivity contribution is 5.96. The number of rotatable bonds is 6. The van der Waals surface area contributed by atoms with Crippen LogP contribution in [-0.2, 0) is 0 Å². The molecule has 30 heavy (non-hydrogen) atoms. The number of carbonyl (C=O) groups is 1. The number of primary amides is 1. The van der Waals surface area contributed by atoms with Gasteiger partial charge in [-0.05, 0) is 25.0 Å². The number of benzene rings is 1. The number of oxazole rings is 1. The largest absolute Gasteiger partial charge is 0.423 e. The second-order valence-corrected chi connectivity index (χ2v) is 7.71. The van der Waals surface area contributed by atoms with E-state index in [-0.39, 0.29) is 23.6 Å². The van der Waals surface area contributed by atoms with Crippen molar-refractivity contribution in [1.29, 1.82) is 0 Å². The lowest BCUT2D eigenvalue weighted by atomic mass is 9.91. The first-order valence-electron chi connectivity index (χ1n) is 9.94. The molecule has 0 bridgehead atoms. The van der Waals surface area contributed by atoms with E-state index in [2.05, 4.69) is 25.6 Å². The quantitative estimate of drug-likeness (QED) is 0.480. The molecule has 2 atom stereocenters. The van der Waals surface area contributed by atoms with Crippen molar-refractivity contribution >= 4 is 40.3 Å². The van der Waals surface area contributed by atoms with Crippen LogP contribution in [0.4, 0.5) is 23.3 Å². The van der Waals surface area contributed by atoms with Gasteiger partial charge < -0.3 is 31.4 Å². The van der Waals surface area contributed by atoms with Crippen LogP contribution in [0.1, 0.15) is 36.2 Å². The zero-order chi connectivity index (χ0) is 21.3. The van der Waals surface area contributed by atoms with Crippen LogP contribution in [0.3, 0.4) is 0 Å². The van der Waals surface area contributed by atoms with Gasteiger partial charge in [-0.3, -0.25) is 4.79 Å². The van der Waals surface area contributed by atoms with Gasteiger partial charge >= 0.3 is 0 Å². The molecule has 1 aliphatic carbocycles. The Morgan fingerprint density at radius 2 is 2.03 bits per heavy atom. The molecule has 3 aromatic rings. The van der Waals surface area contributed by atoms with Gasteiger partial charge in [0.15, 0.2) is 17.1 Å². The van der Waals surface area contributed by atoms with E-state index in [0.29, 0.717) is 23.1 Å². The van der Waals surface area contributed by atoms with Gasteiger partial charge in [-0.25, -0.2) is 9.97 Å². The number of aromatic nitrogens is 3. The van der Waals surface area contributed by atoms with E-state index in [0.717, 1.165) is 31.2 Å². The zero-order valence-corrected chi connectivity index (χ0v) is 17.1. The van der Waals surface area contributed by atoms with Crippen molar-refractivity contribution in [2.45, 2.75) is 37.8 Å². The molecule has 6 N–H and O–H groups in total. The van der Waals surface area contributed by atoms with Gasteiger partial charge in [0, 0.05) is 37.9 Å². The minimum Gasteiger partial charge on any atom is -0.423 e. The third kappa shape index (κ3) is 4.13. The number of hydrogen-bond acceptors (Lipinski definition) is 9. The molecule has 1 amide bonds. The summed E-state index contributed by atoms with van der Waals surface area (Å²) in [5.74, 6) is 0.144. The topological polar surface area (TPSA) is 148 Å². The molecule has 0 unspecified atom stereocenters. The van der Waals surface area contributed by atoms with Crippen molar-refractivity contribution in [2.75, 3.05) is 29.6 Å². The summed E-state index contributed by atoms with van der Waals surface area (Å²) in [5.41, 5.74) is 13.8. The molecule has 1 fully saturated rings. The number of nitrogens with one attached hydrogen (secondary N) is 2. The Kier molecular flexibility index (Phi) is 5.40. The Hall–Kier alpha value is -3.40.